The summed E-state index contributed by atoms with van der Waals surface area (Å²) in [6.07, 6.45) is 2.34. The Labute approximate surface area is 205 Å². The summed E-state index contributed by atoms with van der Waals surface area (Å²) in [7, 11) is -0.780. The van der Waals surface area contributed by atoms with Gasteiger partial charge in [0.2, 0.25) is 15.9 Å². The number of aromatic nitrogens is 1. The molecule has 0 radical (unpaired) electrons. The van der Waals surface area contributed by atoms with Crippen molar-refractivity contribution in [1.82, 2.24) is 14.6 Å². The summed E-state index contributed by atoms with van der Waals surface area (Å²) in [6, 6.07) is 10.2. The van der Waals surface area contributed by atoms with Crippen molar-refractivity contribution < 1.29 is 18.0 Å². The van der Waals surface area contributed by atoms with Gasteiger partial charge in [-0.25, -0.2) is 17.7 Å². The molecule has 0 saturated carbocycles. The summed E-state index contributed by atoms with van der Waals surface area (Å²) in [5, 5.41) is 9.24. The molecule has 33 heavy (non-hydrogen) atoms. The Balaban J connectivity index is 1.71. The molecule has 0 saturated heterocycles. The number of hydrogen-bond acceptors (Lipinski definition) is 8. The van der Waals surface area contributed by atoms with Gasteiger partial charge in [-0.05, 0) is 24.5 Å². The maximum atomic E-state index is 12.9. The number of nitrogens with one attached hydrogen (secondary N) is 2. The van der Waals surface area contributed by atoms with Gasteiger partial charge in [0.25, 0.3) is 5.91 Å². The molecule has 2 heterocycles. The van der Waals surface area contributed by atoms with Gasteiger partial charge in [-0.1, -0.05) is 30.3 Å². The molecule has 2 N–H and O–H groups in total. The highest BCUT2D eigenvalue weighted by Gasteiger charge is 2.25. The third kappa shape index (κ3) is 6.42. The molecule has 1 unspecified atom stereocenters. The zero-order valence-electron chi connectivity index (χ0n) is 18.3. The van der Waals surface area contributed by atoms with Crippen molar-refractivity contribution in [2.24, 2.45) is 0 Å². The van der Waals surface area contributed by atoms with E-state index in [2.05, 4.69) is 15.6 Å². The second kappa shape index (κ2) is 11.3. The molecular weight excluding hydrogens is 501 g/mol. The van der Waals surface area contributed by atoms with Gasteiger partial charge in [0.05, 0.1) is 15.5 Å². The molecule has 2 aromatic heterocycles. The van der Waals surface area contributed by atoms with Gasteiger partial charge in [0, 0.05) is 30.4 Å². The van der Waals surface area contributed by atoms with E-state index in [9.17, 15) is 18.0 Å². The lowest BCUT2D eigenvalue weighted by Gasteiger charge is -2.17. The van der Waals surface area contributed by atoms with Crippen LogP contribution in [0, 0.1) is 0 Å². The average molecular weight is 525 g/mol. The van der Waals surface area contributed by atoms with Crippen molar-refractivity contribution >= 4 is 61.4 Å². The number of carbonyl (C=O) groups is 2. The Morgan fingerprint density at radius 2 is 1.88 bits per heavy atom. The van der Waals surface area contributed by atoms with Crippen LogP contribution in [0.3, 0.4) is 0 Å². The van der Waals surface area contributed by atoms with Crippen LogP contribution in [0.4, 0.5) is 5.13 Å². The van der Waals surface area contributed by atoms with Gasteiger partial charge < -0.3 is 10.6 Å². The summed E-state index contributed by atoms with van der Waals surface area (Å²) in [4.78, 5) is 30.4. The molecule has 2 amide bonds. The van der Waals surface area contributed by atoms with E-state index >= 15 is 0 Å². The first-order chi connectivity index (χ1) is 15.7. The van der Waals surface area contributed by atoms with Crippen molar-refractivity contribution in [2.45, 2.75) is 17.4 Å². The van der Waals surface area contributed by atoms with Gasteiger partial charge in [0.1, 0.15) is 6.04 Å². The smallest absolute Gasteiger partial charge is 0.262 e. The number of amides is 2. The predicted octanol–water partition coefficient (Wildman–Crippen LogP) is 3.61. The number of rotatable bonds is 10. The maximum Gasteiger partial charge on any atom is 0.262 e. The normalized spacial score (nSPS) is 12.5. The lowest BCUT2D eigenvalue weighted by Crippen LogP contribution is -2.44. The van der Waals surface area contributed by atoms with E-state index in [-0.39, 0.29) is 15.7 Å². The van der Waals surface area contributed by atoms with Crippen LogP contribution in [-0.2, 0) is 14.8 Å². The Bertz CT molecular complexity index is 1210. The van der Waals surface area contributed by atoms with Gasteiger partial charge in [-0.2, -0.15) is 11.8 Å². The lowest BCUT2D eigenvalue weighted by atomic mass is 10.2. The molecule has 3 aromatic rings. The maximum absolute atomic E-state index is 12.9. The standard InChI is InChI=1S/C21H24N4O4S4/c1-25(2)33(28,29)15-11-18(31-12-15)20(27)22-16(9-10-30-3)19(26)24-21-23-17(13-32-21)14-7-5-4-6-8-14/h4-8,11-13,16H,9-10H2,1-3H3,(H,22,27)(H,23,24,26). The van der Waals surface area contributed by atoms with Crippen LogP contribution in [0.25, 0.3) is 11.3 Å². The average Bonchev–Trinajstić information content (AvgIpc) is 3.47. The highest BCUT2D eigenvalue weighted by Crippen LogP contribution is 2.25. The topological polar surface area (TPSA) is 108 Å². The Hall–Kier alpha value is -2.25. The third-order valence-electron chi connectivity index (χ3n) is 4.61. The molecule has 1 atom stereocenters. The zero-order valence-corrected chi connectivity index (χ0v) is 21.5. The highest BCUT2D eigenvalue weighted by atomic mass is 32.2. The minimum Gasteiger partial charge on any atom is -0.339 e. The van der Waals surface area contributed by atoms with Crippen LogP contribution in [0.1, 0.15) is 16.1 Å². The van der Waals surface area contributed by atoms with Crippen LogP contribution in [0.15, 0.2) is 52.1 Å². The lowest BCUT2D eigenvalue weighted by molar-refractivity contribution is -0.118. The Kier molecular flexibility index (Phi) is 8.65. The van der Waals surface area contributed by atoms with E-state index in [1.165, 1.54) is 36.9 Å². The molecular formula is C21H24N4O4S4. The van der Waals surface area contributed by atoms with E-state index in [1.807, 2.05) is 42.0 Å². The first kappa shape index (κ1) is 25.4. The highest BCUT2D eigenvalue weighted by molar-refractivity contribution is 7.98. The second-order valence-corrected chi connectivity index (χ2v) is 12.0. The first-order valence-electron chi connectivity index (χ1n) is 9.85. The fourth-order valence-corrected chi connectivity index (χ4v) is 6.04. The molecule has 0 aliphatic carbocycles. The largest absolute Gasteiger partial charge is 0.339 e. The van der Waals surface area contributed by atoms with Gasteiger partial charge in [0.15, 0.2) is 5.13 Å². The second-order valence-electron chi connectivity index (χ2n) is 7.13. The number of thiazole rings is 1. The third-order valence-corrected chi connectivity index (χ3v) is 8.89. The first-order valence-corrected chi connectivity index (χ1v) is 14.4. The molecule has 0 spiro atoms. The van der Waals surface area contributed by atoms with Crippen molar-refractivity contribution in [1.29, 1.82) is 0 Å². The van der Waals surface area contributed by atoms with Gasteiger partial charge in [-0.3, -0.25) is 9.59 Å². The number of nitrogens with zero attached hydrogens (tertiary/aromatic N) is 2. The van der Waals surface area contributed by atoms with Crippen LogP contribution in [-0.4, -0.2) is 61.7 Å². The van der Waals surface area contributed by atoms with Crippen molar-refractivity contribution in [2.75, 3.05) is 31.4 Å². The van der Waals surface area contributed by atoms with Crippen LogP contribution in [0.2, 0.25) is 0 Å². The van der Waals surface area contributed by atoms with E-state index in [0.29, 0.717) is 17.3 Å². The monoisotopic (exact) mass is 524 g/mol. The molecule has 3 rings (SSSR count). The van der Waals surface area contributed by atoms with Crippen molar-refractivity contribution in [3.8, 4) is 11.3 Å². The Morgan fingerprint density at radius 3 is 2.55 bits per heavy atom. The fraction of sp³-hybridized carbons (Fsp3) is 0.286. The fourth-order valence-electron chi connectivity index (χ4n) is 2.78. The van der Waals surface area contributed by atoms with Gasteiger partial charge in [-0.15, -0.1) is 22.7 Å². The number of thioether (sulfide) groups is 1. The number of anilines is 1. The van der Waals surface area contributed by atoms with Crippen molar-refractivity contribution in [3.05, 3.63) is 52.0 Å². The van der Waals surface area contributed by atoms with Crippen LogP contribution in [0.5, 0.6) is 0 Å². The summed E-state index contributed by atoms with van der Waals surface area (Å²) in [6.45, 7) is 0. The molecule has 0 fully saturated rings. The summed E-state index contributed by atoms with van der Waals surface area (Å²) >= 11 is 3.89. The molecule has 12 heteroatoms. The van der Waals surface area contributed by atoms with Crippen LogP contribution < -0.4 is 10.6 Å². The quantitative estimate of drug-likeness (QED) is 0.419. The number of sulfonamides is 1. The van der Waals surface area contributed by atoms with E-state index < -0.39 is 22.0 Å². The van der Waals surface area contributed by atoms with Crippen LogP contribution >= 0.6 is 34.4 Å². The zero-order chi connectivity index (χ0) is 24.0. The van der Waals surface area contributed by atoms with Crippen molar-refractivity contribution in [3.63, 3.8) is 0 Å². The Morgan fingerprint density at radius 1 is 1.15 bits per heavy atom. The summed E-state index contributed by atoms with van der Waals surface area (Å²) in [5.41, 5.74) is 1.71. The minimum absolute atomic E-state index is 0.0454. The molecule has 0 bridgehead atoms. The SMILES string of the molecule is CSCCC(NC(=O)c1cc(S(=O)(=O)N(C)C)cs1)C(=O)Nc1nc(-c2ccccc2)cs1. The van der Waals surface area contributed by atoms with E-state index in [0.717, 1.165) is 26.9 Å². The number of benzene rings is 1. The molecule has 0 aliphatic heterocycles. The summed E-state index contributed by atoms with van der Waals surface area (Å²) in [5.74, 6) is -0.203. The number of thiophene rings is 1. The molecule has 176 valence electrons. The molecule has 8 nitrogen and oxygen atoms in total. The van der Waals surface area contributed by atoms with Gasteiger partial charge >= 0.3 is 0 Å². The number of carbonyl (C=O) groups excluding carboxylic acids is 2. The minimum atomic E-state index is -3.64. The molecule has 1 aromatic carbocycles. The predicted molar refractivity (Wildman–Crippen MR) is 136 cm³/mol. The number of hydrogen-bond donors (Lipinski definition) is 2. The van der Waals surface area contributed by atoms with E-state index in [4.69, 9.17) is 0 Å². The van der Waals surface area contributed by atoms with E-state index in [1.54, 1.807) is 11.8 Å². The molecule has 0 aliphatic rings. The summed E-state index contributed by atoms with van der Waals surface area (Å²) < 4.78 is 25.6.